The summed E-state index contributed by atoms with van der Waals surface area (Å²) in [6, 6.07) is 3.36. The summed E-state index contributed by atoms with van der Waals surface area (Å²) in [7, 11) is 0. The fraction of sp³-hybridized carbons (Fsp3) is 0.357. The molecule has 0 aliphatic rings. The lowest BCUT2D eigenvalue weighted by Crippen LogP contribution is -2.11. The summed E-state index contributed by atoms with van der Waals surface area (Å²) in [5.74, 6) is -1.90. The van der Waals surface area contributed by atoms with Gasteiger partial charge >= 0.3 is 0 Å². The number of aliphatic hydroxyl groups excluding tert-OH is 1. The number of rotatable bonds is 2. The van der Waals surface area contributed by atoms with Crippen LogP contribution in [0.1, 0.15) is 43.1 Å². The number of nitrogens with zero attached hydrogens (tertiary/aromatic N) is 1. The molecule has 1 N–H and O–H groups in total. The third-order valence-electron chi connectivity index (χ3n) is 2.70. The number of halogens is 2. The fourth-order valence-electron chi connectivity index (χ4n) is 1.61. The highest BCUT2D eigenvalue weighted by molar-refractivity contribution is 7.09. The van der Waals surface area contributed by atoms with Crippen molar-refractivity contribution in [1.82, 2.24) is 4.98 Å². The number of hydrogen-bond donors (Lipinski definition) is 1. The molecule has 0 radical (unpaired) electrons. The third-order valence-corrected chi connectivity index (χ3v) is 3.99. The average molecular weight is 283 g/mol. The minimum atomic E-state index is -1.04. The molecular weight excluding hydrogens is 268 g/mol. The summed E-state index contributed by atoms with van der Waals surface area (Å²) in [5.41, 5.74) is 0.655. The number of aromatic nitrogens is 1. The van der Waals surface area contributed by atoms with Gasteiger partial charge in [-0.1, -0.05) is 26.8 Å². The number of hydrogen-bond acceptors (Lipinski definition) is 3. The summed E-state index contributed by atoms with van der Waals surface area (Å²) >= 11 is 1.45. The number of aliphatic hydroxyl groups is 1. The maximum atomic E-state index is 13.1. The van der Waals surface area contributed by atoms with E-state index in [4.69, 9.17) is 0 Å². The molecule has 0 saturated carbocycles. The van der Waals surface area contributed by atoms with Crippen molar-refractivity contribution < 1.29 is 13.9 Å². The van der Waals surface area contributed by atoms with E-state index in [0.717, 1.165) is 17.1 Å². The Morgan fingerprint density at radius 3 is 2.42 bits per heavy atom. The molecule has 1 unspecified atom stereocenters. The van der Waals surface area contributed by atoms with Crippen LogP contribution in [0.15, 0.2) is 23.6 Å². The number of benzene rings is 1. The molecule has 2 rings (SSSR count). The second kappa shape index (κ2) is 4.98. The Kier molecular flexibility index (Phi) is 3.69. The van der Waals surface area contributed by atoms with Crippen molar-refractivity contribution in [2.75, 3.05) is 0 Å². The molecule has 0 aliphatic heterocycles. The predicted molar refractivity (Wildman–Crippen MR) is 71.2 cm³/mol. The van der Waals surface area contributed by atoms with Crippen molar-refractivity contribution in [3.05, 3.63) is 51.5 Å². The molecule has 2 nitrogen and oxygen atoms in total. The van der Waals surface area contributed by atoms with Crippen LogP contribution in [0.2, 0.25) is 0 Å². The topological polar surface area (TPSA) is 33.1 Å². The van der Waals surface area contributed by atoms with Crippen LogP contribution in [-0.4, -0.2) is 10.1 Å². The molecule has 0 amide bonds. The van der Waals surface area contributed by atoms with Crippen LogP contribution in [0.3, 0.4) is 0 Å². The summed E-state index contributed by atoms with van der Waals surface area (Å²) in [6.45, 7) is 6.08. The molecule has 2 aromatic rings. The lowest BCUT2D eigenvalue weighted by atomic mass is 9.98. The first-order chi connectivity index (χ1) is 8.79. The van der Waals surface area contributed by atoms with E-state index in [9.17, 15) is 13.9 Å². The standard InChI is InChI=1S/C14H15F2NOS/c1-14(2,3)13-17-11(7-19-13)12(18)8-4-5-9(15)10(16)6-8/h4-7,12,18H,1-3H3. The first-order valence-electron chi connectivity index (χ1n) is 5.88. The van der Waals surface area contributed by atoms with Crippen LogP contribution in [0.4, 0.5) is 8.78 Å². The van der Waals surface area contributed by atoms with Crippen LogP contribution >= 0.6 is 11.3 Å². The quantitative estimate of drug-likeness (QED) is 0.909. The van der Waals surface area contributed by atoms with Crippen molar-refractivity contribution in [3.63, 3.8) is 0 Å². The van der Waals surface area contributed by atoms with Crippen molar-refractivity contribution in [2.45, 2.75) is 32.3 Å². The largest absolute Gasteiger partial charge is 0.382 e. The zero-order chi connectivity index (χ0) is 14.2. The van der Waals surface area contributed by atoms with E-state index < -0.39 is 17.7 Å². The highest BCUT2D eigenvalue weighted by atomic mass is 32.1. The van der Waals surface area contributed by atoms with E-state index in [2.05, 4.69) is 4.98 Å². The van der Waals surface area contributed by atoms with Crippen molar-refractivity contribution in [2.24, 2.45) is 0 Å². The van der Waals surface area contributed by atoms with Gasteiger partial charge in [-0.15, -0.1) is 11.3 Å². The molecule has 0 bridgehead atoms. The Labute approximate surface area is 114 Å². The normalized spacial score (nSPS) is 13.6. The summed E-state index contributed by atoms with van der Waals surface area (Å²) in [6.07, 6.45) is -1.04. The Bertz CT molecular complexity index is 589. The van der Waals surface area contributed by atoms with Gasteiger partial charge in [0.1, 0.15) is 6.10 Å². The average Bonchev–Trinajstić information content (AvgIpc) is 2.81. The summed E-state index contributed by atoms with van der Waals surface area (Å²) in [4.78, 5) is 4.36. The summed E-state index contributed by atoms with van der Waals surface area (Å²) in [5, 5.41) is 12.8. The van der Waals surface area contributed by atoms with Crippen LogP contribution in [0.25, 0.3) is 0 Å². The molecule has 1 heterocycles. The third kappa shape index (κ3) is 2.98. The maximum Gasteiger partial charge on any atom is 0.159 e. The van der Waals surface area contributed by atoms with E-state index in [1.54, 1.807) is 5.38 Å². The van der Waals surface area contributed by atoms with Crippen LogP contribution < -0.4 is 0 Å². The van der Waals surface area contributed by atoms with E-state index in [1.807, 2.05) is 20.8 Å². The number of thiazole rings is 1. The molecule has 0 saturated heterocycles. The Balaban J connectivity index is 2.31. The molecule has 1 atom stereocenters. The van der Waals surface area contributed by atoms with Gasteiger partial charge in [-0.25, -0.2) is 13.8 Å². The van der Waals surface area contributed by atoms with E-state index in [1.165, 1.54) is 17.4 Å². The monoisotopic (exact) mass is 283 g/mol. The van der Waals surface area contributed by atoms with Gasteiger partial charge in [-0.3, -0.25) is 0 Å². The van der Waals surface area contributed by atoms with Gasteiger partial charge in [-0.2, -0.15) is 0 Å². The molecule has 0 fully saturated rings. The lowest BCUT2D eigenvalue weighted by Gasteiger charge is -2.14. The fourth-order valence-corrected chi connectivity index (χ4v) is 2.54. The van der Waals surface area contributed by atoms with Gasteiger partial charge in [0.15, 0.2) is 11.6 Å². The first-order valence-corrected chi connectivity index (χ1v) is 6.76. The van der Waals surface area contributed by atoms with Crippen LogP contribution in [-0.2, 0) is 5.41 Å². The minimum Gasteiger partial charge on any atom is -0.382 e. The molecule has 0 aliphatic carbocycles. The Morgan fingerprint density at radius 1 is 1.21 bits per heavy atom. The second-order valence-corrected chi connectivity index (χ2v) is 6.26. The maximum absolute atomic E-state index is 13.1. The van der Waals surface area contributed by atoms with Crippen molar-refractivity contribution >= 4 is 11.3 Å². The van der Waals surface area contributed by atoms with Gasteiger partial charge < -0.3 is 5.11 Å². The zero-order valence-corrected chi connectivity index (χ0v) is 11.8. The minimum absolute atomic E-state index is 0.101. The highest BCUT2D eigenvalue weighted by Gasteiger charge is 2.21. The van der Waals surface area contributed by atoms with Crippen LogP contribution in [0.5, 0.6) is 0 Å². The predicted octanol–water partition coefficient (Wildman–Crippen LogP) is 3.80. The lowest BCUT2D eigenvalue weighted by molar-refractivity contribution is 0.215. The van der Waals surface area contributed by atoms with E-state index >= 15 is 0 Å². The van der Waals surface area contributed by atoms with Gasteiger partial charge in [-0.05, 0) is 17.7 Å². The Hall–Kier alpha value is -1.33. The molecule has 19 heavy (non-hydrogen) atoms. The molecule has 0 spiro atoms. The van der Waals surface area contributed by atoms with Crippen molar-refractivity contribution in [3.8, 4) is 0 Å². The molecule has 1 aromatic carbocycles. The first kappa shape index (κ1) is 14.1. The summed E-state index contributed by atoms with van der Waals surface area (Å²) < 4.78 is 26.0. The highest BCUT2D eigenvalue weighted by Crippen LogP contribution is 2.30. The molecular formula is C14H15F2NOS. The molecule has 5 heteroatoms. The van der Waals surface area contributed by atoms with E-state index in [-0.39, 0.29) is 5.41 Å². The second-order valence-electron chi connectivity index (χ2n) is 5.40. The zero-order valence-electron chi connectivity index (χ0n) is 10.9. The smallest absolute Gasteiger partial charge is 0.159 e. The van der Waals surface area contributed by atoms with E-state index in [0.29, 0.717) is 11.3 Å². The van der Waals surface area contributed by atoms with Crippen LogP contribution in [0, 0.1) is 11.6 Å². The Morgan fingerprint density at radius 2 is 1.89 bits per heavy atom. The molecule has 102 valence electrons. The van der Waals surface area contributed by atoms with Gasteiger partial charge in [0, 0.05) is 10.8 Å². The molecule has 1 aromatic heterocycles. The van der Waals surface area contributed by atoms with Gasteiger partial charge in [0.05, 0.1) is 10.7 Å². The van der Waals surface area contributed by atoms with Crippen molar-refractivity contribution in [1.29, 1.82) is 0 Å². The SMILES string of the molecule is CC(C)(C)c1nc(C(O)c2ccc(F)c(F)c2)cs1. The van der Waals surface area contributed by atoms with Gasteiger partial charge in [0.25, 0.3) is 0 Å². The van der Waals surface area contributed by atoms with Gasteiger partial charge in [0.2, 0.25) is 0 Å².